The third-order valence-electron chi connectivity index (χ3n) is 2.45. The largest absolute Gasteiger partial charge is 0.478 e. The van der Waals surface area contributed by atoms with E-state index in [4.69, 9.17) is 16.7 Å². The van der Waals surface area contributed by atoms with Gasteiger partial charge in [0.25, 0.3) is 5.91 Å². The minimum Gasteiger partial charge on any atom is -0.478 e. The Morgan fingerprint density at radius 3 is 2.58 bits per heavy atom. The van der Waals surface area contributed by atoms with Gasteiger partial charge in [-0.25, -0.2) is 4.79 Å². The Labute approximate surface area is 118 Å². The van der Waals surface area contributed by atoms with Crippen molar-refractivity contribution < 1.29 is 14.7 Å². The molecule has 6 heteroatoms. The van der Waals surface area contributed by atoms with Crippen LogP contribution in [0.2, 0.25) is 4.34 Å². The number of amides is 1. The van der Waals surface area contributed by atoms with E-state index < -0.39 is 5.97 Å². The van der Waals surface area contributed by atoms with Gasteiger partial charge in [-0.3, -0.25) is 4.79 Å². The van der Waals surface area contributed by atoms with Gasteiger partial charge in [0.15, 0.2) is 0 Å². The normalized spacial score (nSPS) is 10.2. The van der Waals surface area contributed by atoms with E-state index in [1.54, 1.807) is 31.2 Å². The summed E-state index contributed by atoms with van der Waals surface area (Å²) in [6.45, 7) is 1.79. The molecule has 2 rings (SSSR count). The number of carbonyl (C=O) groups excluding carboxylic acids is 1. The number of carboxylic acid groups (broad SMARTS) is 1. The fourth-order valence-corrected chi connectivity index (χ4v) is 2.50. The van der Waals surface area contributed by atoms with Crippen LogP contribution >= 0.6 is 22.9 Å². The fourth-order valence-electron chi connectivity index (χ4n) is 1.56. The van der Waals surface area contributed by atoms with Crippen LogP contribution in [0.1, 0.15) is 25.6 Å². The quantitative estimate of drug-likeness (QED) is 0.908. The lowest BCUT2D eigenvalue weighted by Gasteiger charge is -2.08. The Hall–Kier alpha value is -1.85. The zero-order valence-electron chi connectivity index (χ0n) is 9.94. The zero-order valence-corrected chi connectivity index (χ0v) is 11.5. The molecule has 0 aliphatic rings. The van der Waals surface area contributed by atoms with Gasteiger partial charge in [-0.05, 0) is 31.2 Å². The number of halogens is 1. The monoisotopic (exact) mass is 295 g/mol. The molecular formula is C13H10ClNO3S. The summed E-state index contributed by atoms with van der Waals surface area (Å²) in [7, 11) is 0. The number of thiophene rings is 1. The van der Waals surface area contributed by atoms with Gasteiger partial charge < -0.3 is 10.4 Å². The van der Waals surface area contributed by atoms with E-state index >= 15 is 0 Å². The fraction of sp³-hybridized carbons (Fsp3) is 0.0769. The first kappa shape index (κ1) is 13.6. The SMILES string of the molecule is Cc1ccc(NC(=O)c2ccc(Cl)s2)c(C(=O)O)c1. The average Bonchev–Trinajstić information content (AvgIpc) is 2.78. The standard InChI is InChI=1S/C13H10ClNO3S/c1-7-2-3-9(8(6-7)13(17)18)15-12(16)10-4-5-11(14)19-10/h2-6H,1H3,(H,15,16)(H,17,18). The summed E-state index contributed by atoms with van der Waals surface area (Å²) in [4.78, 5) is 23.5. The number of aromatic carboxylic acids is 1. The summed E-state index contributed by atoms with van der Waals surface area (Å²) in [5, 5.41) is 11.7. The van der Waals surface area contributed by atoms with Crippen molar-refractivity contribution in [2.75, 3.05) is 5.32 Å². The first-order valence-corrected chi connectivity index (χ1v) is 6.57. The highest BCUT2D eigenvalue weighted by molar-refractivity contribution is 7.18. The molecule has 2 N–H and O–H groups in total. The zero-order chi connectivity index (χ0) is 14.0. The lowest BCUT2D eigenvalue weighted by atomic mass is 10.1. The molecule has 98 valence electrons. The molecule has 0 bridgehead atoms. The van der Waals surface area contributed by atoms with Gasteiger partial charge in [0.1, 0.15) is 0 Å². The molecule has 1 aromatic carbocycles. The van der Waals surface area contributed by atoms with Crippen molar-refractivity contribution in [2.24, 2.45) is 0 Å². The molecule has 0 unspecified atom stereocenters. The highest BCUT2D eigenvalue weighted by Crippen LogP contribution is 2.24. The van der Waals surface area contributed by atoms with Crippen LogP contribution in [0.15, 0.2) is 30.3 Å². The van der Waals surface area contributed by atoms with Crippen molar-refractivity contribution >= 4 is 40.5 Å². The van der Waals surface area contributed by atoms with E-state index in [9.17, 15) is 9.59 Å². The van der Waals surface area contributed by atoms with Gasteiger partial charge in [0.05, 0.1) is 20.5 Å². The van der Waals surface area contributed by atoms with Crippen LogP contribution in [-0.2, 0) is 0 Å². The number of carboxylic acids is 1. The van der Waals surface area contributed by atoms with Crippen molar-refractivity contribution in [1.29, 1.82) is 0 Å². The Bertz CT molecular complexity index is 651. The van der Waals surface area contributed by atoms with Crippen molar-refractivity contribution in [3.05, 3.63) is 50.7 Å². The minimum atomic E-state index is -1.08. The van der Waals surface area contributed by atoms with Gasteiger partial charge in [-0.1, -0.05) is 23.2 Å². The highest BCUT2D eigenvalue weighted by atomic mass is 35.5. The van der Waals surface area contributed by atoms with Crippen molar-refractivity contribution in [3.63, 3.8) is 0 Å². The second-order valence-electron chi connectivity index (χ2n) is 3.91. The summed E-state index contributed by atoms with van der Waals surface area (Å²) in [6, 6.07) is 8.04. The second kappa shape index (κ2) is 5.42. The molecule has 1 aromatic heterocycles. The number of carbonyl (C=O) groups is 2. The number of hydrogen-bond donors (Lipinski definition) is 2. The van der Waals surface area contributed by atoms with Crippen LogP contribution in [0.4, 0.5) is 5.69 Å². The Morgan fingerprint density at radius 2 is 2.00 bits per heavy atom. The Kier molecular flexibility index (Phi) is 3.87. The smallest absolute Gasteiger partial charge is 0.337 e. The molecule has 0 atom stereocenters. The summed E-state index contributed by atoms with van der Waals surface area (Å²) in [5.74, 6) is -1.45. The van der Waals surface area contributed by atoms with Crippen LogP contribution in [0.5, 0.6) is 0 Å². The third-order valence-corrected chi connectivity index (χ3v) is 3.68. The molecule has 1 heterocycles. The molecule has 0 radical (unpaired) electrons. The minimum absolute atomic E-state index is 0.0657. The molecule has 0 aliphatic carbocycles. The Morgan fingerprint density at radius 1 is 1.26 bits per heavy atom. The predicted molar refractivity (Wildman–Crippen MR) is 75.4 cm³/mol. The molecule has 0 spiro atoms. The maximum absolute atomic E-state index is 11.9. The number of benzene rings is 1. The van der Waals surface area contributed by atoms with Crippen molar-refractivity contribution in [3.8, 4) is 0 Å². The molecule has 19 heavy (non-hydrogen) atoms. The highest BCUT2D eigenvalue weighted by Gasteiger charge is 2.14. The van der Waals surface area contributed by atoms with Crippen molar-refractivity contribution in [2.45, 2.75) is 6.92 Å². The number of aryl methyl sites for hydroxylation is 1. The molecule has 0 fully saturated rings. The van der Waals surface area contributed by atoms with Crippen molar-refractivity contribution in [1.82, 2.24) is 0 Å². The third kappa shape index (κ3) is 3.13. The number of hydrogen-bond acceptors (Lipinski definition) is 3. The van der Waals surface area contributed by atoms with E-state index in [2.05, 4.69) is 5.32 Å². The van der Waals surface area contributed by atoms with Crippen LogP contribution in [0.3, 0.4) is 0 Å². The molecule has 0 aliphatic heterocycles. The van der Waals surface area contributed by atoms with E-state index in [0.717, 1.165) is 16.9 Å². The maximum Gasteiger partial charge on any atom is 0.337 e. The van der Waals surface area contributed by atoms with Crippen LogP contribution in [0, 0.1) is 6.92 Å². The Balaban J connectivity index is 2.28. The van der Waals surface area contributed by atoms with Gasteiger partial charge in [0.2, 0.25) is 0 Å². The molecule has 4 nitrogen and oxygen atoms in total. The summed E-state index contributed by atoms with van der Waals surface area (Å²) in [6.07, 6.45) is 0. The second-order valence-corrected chi connectivity index (χ2v) is 5.63. The van der Waals surface area contributed by atoms with Gasteiger partial charge >= 0.3 is 5.97 Å². The van der Waals surface area contributed by atoms with Gasteiger partial charge in [0, 0.05) is 0 Å². The molecule has 0 saturated carbocycles. The topological polar surface area (TPSA) is 66.4 Å². The van der Waals surface area contributed by atoms with Gasteiger partial charge in [-0.2, -0.15) is 0 Å². The van der Waals surface area contributed by atoms with Gasteiger partial charge in [-0.15, -0.1) is 11.3 Å². The lowest BCUT2D eigenvalue weighted by Crippen LogP contribution is -2.13. The maximum atomic E-state index is 11.9. The van der Waals surface area contributed by atoms with E-state index in [1.807, 2.05) is 0 Å². The molecule has 2 aromatic rings. The summed E-state index contributed by atoms with van der Waals surface area (Å²) >= 11 is 6.89. The molecule has 1 amide bonds. The lowest BCUT2D eigenvalue weighted by molar-refractivity contribution is 0.0698. The average molecular weight is 296 g/mol. The number of rotatable bonds is 3. The summed E-state index contributed by atoms with van der Waals surface area (Å²) < 4.78 is 0.507. The number of anilines is 1. The molecular weight excluding hydrogens is 286 g/mol. The van der Waals surface area contributed by atoms with Crippen LogP contribution < -0.4 is 5.32 Å². The van der Waals surface area contributed by atoms with E-state index in [-0.39, 0.29) is 17.2 Å². The van der Waals surface area contributed by atoms with E-state index in [0.29, 0.717) is 9.21 Å². The van der Waals surface area contributed by atoms with E-state index in [1.165, 1.54) is 6.07 Å². The van der Waals surface area contributed by atoms with Crippen LogP contribution in [-0.4, -0.2) is 17.0 Å². The first-order chi connectivity index (χ1) is 8.97. The predicted octanol–water partition coefficient (Wildman–Crippen LogP) is 3.66. The first-order valence-electron chi connectivity index (χ1n) is 5.38. The van der Waals surface area contributed by atoms with Crippen LogP contribution in [0.25, 0.3) is 0 Å². The molecule has 0 saturated heterocycles. The number of nitrogens with one attached hydrogen (secondary N) is 1. The summed E-state index contributed by atoms with van der Waals surface area (Å²) in [5.41, 5.74) is 1.15.